The zero-order valence-corrected chi connectivity index (χ0v) is 12.8. The molecule has 2 heterocycles. The summed E-state index contributed by atoms with van der Waals surface area (Å²) in [6, 6.07) is 11.3. The van der Waals surface area contributed by atoms with Gasteiger partial charge in [0, 0.05) is 17.5 Å². The van der Waals surface area contributed by atoms with Crippen LogP contribution in [-0.4, -0.2) is 22.9 Å². The van der Waals surface area contributed by atoms with Gasteiger partial charge in [0.25, 0.3) is 0 Å². The molecule has 1 aromatic heterocycles. The summed E-state index contributed by atoms with van der Waals surface area (Å²) < 4.78 is 5.23. The van der Waals surface area contributed by atoms with Crippen molar-refractivity contribution in [3.63, 3.8) is 0 Å². The van der Waals surface area contributed by atoms with E-state index in [1.807, 2.05) is 6.92 Å². The van der Waals surface area contributed by atoms with Gasteiger partial charge in [0.05, 0.1) is 6.04 Å². The van der Waals surface area contributed by atoms with Gasteiger partial charge >= 0.3 is 0 Å². The van der Waals surface area contributed by atoms with E-state index >= 15 is 0 Å². The first-order valence-corrected chi connectivity index (χ1v) is 8.29. The zero-order chi connectivity index (χ0) is 13.9. The van der Waals surface area contributed by atoms with Crippen molar-refractivity contribution in [2.45, 2.75) is 37.2 Å². The molecule has 106 valence electrons. The SMILES string of the molecule is CSc1ccc(CN2CCCC2c2cc(C)on2)cc1. The van der Waals surface area contributed by atoms with Crippen LogP contribution in [-0.2, 0) is 6.54 Å². The lowest BCUT2D eigenvalue weighted by Crippen LogP contribution is -2.22. The van der Waals surface area contributed by atoms with Gasteiger partial charge in [-0.2, -0.15) is 0 Å². The van der Waals surface area contributed by atoms with Gasteiger partial charge in [-0.05, 0) is 50.3 Å². The zero-order valence-electron chi connectivity index (χ0n) is 12.0. The second kappa shape index (κ2) is 6.02. The maximum Gasteiger partial charge on any atom is 0.133 e. The topological polar surface area (TPSA) is 29.3 Å². The van der Waals surface area contributed by atoms with Crippen molar-refractivity contribution in [3.8, 4) is 0 Å². The van der Waals surface area contributed by atoms with Crippen LogP contribution in [0.2, 0.25) is 0 Å². The van der Waals surface area contributed by atoms with E-state index in [0.29, 0.717) is 6.04 Å². The number of aryl methyl sites for hydroxylation is 1. The highest BCUT2D eigenvalue weighted by Gasteiger charge is 2.28. The summed E-state index contributed by atoms with van der Waals surface area (Å²) >= 11 is 1.78. The summed E-state index contributed by atoms with van der Waals surface area (Å²) in [5.74, 6) is 0.899. The average molecular weight is 288 g/mol. The lowest BCUT2D eigenvalue weighted by Gasteiger charge is -2.22. The highest BCUT2D eigenvalue weighted by Crippen LogP contribution is 2.32. The smallest absolute Gasteiger partial charge is 0.133 e. The molecule has 0 N–H and O–H groups in total. The number of hydrogen-bond acceptors (Lipinski definition) is 4. The molecule has 0 aliphatic carbocycles. The van der Waals surface area contributed by atoms with Crippen LogP contribution in [0, 0.1) is 6.92 Å². The number of hydrogen-bond donors (Lipinski definition) is 0. The van der Waals surface area contributed by atoms with E-state index in [9.17, 15) is 0 Å². The largest absolute Gasteiger partial charge is 0.361 e. The van der Waals surface area contributed by atoms with Crippen molar-refractivity contribution < 1.29 is 4.52 Å². The minimum absolute atomic E-state index is 0.410. The molecule has 0 spiro atoms. The van der Waals surface area contributed by atoms with Crippen LogP contribution in [0.3, 0.4) is 0 Å². The van der Waals surface area contributed by atoms with Gasteiger partial charge in [0.15, 0.2) is 0 Å². The molecule has 3 rings (SSSR count). The van der Waals surface area contributed by atoms with Gasteiger partial charge in [-0.1, -0.05) is 17.3 Å². The summed E-state index contributed by atoms with van der Waals surface area (Å²) in [4.78, 5) is 3.82. The van der Waals surface area contributed by atoms with Gasteiger partial charge in [-0.3, -0.25) is 4.90 Å². The molecule has 1 fully saturated rings. The van der Waals surface area contributed by atoms with Crippen LogP contribution in [0.4, 0.5) is 0 Å². The minimum atomic E-state index is 0.410. The predicted octanol–water partition coefficient (Wildman–Crippen LogP) is 4.04. The van der Waals surface area contributed by atoms with Crippen molar-refractivity contribution in [1.82, 2.24) is 10.1 Å². The molecular weight excluding hydrogens is 268 g/mol. The van der Waals surface area contributed by atoms with Crippen LogP contribution >= 0.6 is 11.8 Å². The van der Waals surface area contributed by atoms with E-state index in [4.69, 9.17) is 4.52 Å². The Bertz CT molecular complexity index is 564. The van der Waals surface area contributed by atoms with Gasteiger partial charge < -0.3 is 4.52 Å². The maximum absolute atomic E-state index is 5.23. The summed E-state index contributed by atoms with van der Waals surface area (Å²) in [5.41, 5.74) is 2.45. The summed E-state index contributed by atoms with van der Waals surface area (Å²) in [6.07, 6.45) is 4.52. The van der Waals surface area contributed by atoms with Crippen molar-refractivity contribution in [2.24, 2.45) is 0 Å². The van der Waals surface area contributed by atoms with Gasteiger partial charge in [-0.15, -0.1) is 11.8 Å². The van der Waals surface area contributed by atoms with Gasteiger partial charge in [0.1, 0.15) is 11.5 Å². The van der Waals surface area contributed by atoms with E-state index in [2.05, 4.69) is 46.6 Å². The molecule has 1 atom stereocenters. The van der Waals surface area contributed by atoms with E-state index in [0.717, 1.165) is 24.5 Å². The van der Waals surface area contributed by atoms with Crippen molar-refractivity contribution in [2.75, 3.05) is 12.8 Å². The van der Waals surface area contributed by atoms with Gasteiger partial charge in [0.2, 0.25) is 0 Å². The highest BCUT2D eigenvalue weighted by molar-refractivity contribution is 7.98. The molecule has 4 heteroatoms. The van der Waals surface area contributed by atoms with Crippen LogP contribution in [0.1, 0.15) is 35.9 Å². The highest BCUT2D eigenvalue weighted by atomic mass is 32.2. The molecule has 2 aromatic rings. The molecule has 0 radical (unpaired) electrons. The Morgan fingerprint density at radius 2 is 2.15 bits per heavy atom. The molecule has 1 aromatic carbocycles. The lowest BCUT2D eigenvalue weighted by atomic mass is 10.1. The third kappa shape index (κ3) is 2.91. The Kier molecular flexibility index (Phi) is 4.13. The molecule has 0 amide bonds. The number of benzene rings is 1. The molecule has 3 nitrogen and oxygen atoms in total. The van der Waals surface area contributed by atoms with Crippen molar-refractivity contribution in [1.29, 1.82) is 0 Å². The fourth-order valence-electron chi connectivity index (χ4n) is 2.86. The minimum Gasteiger partial charge on any atom is -0.361 e. The third-order valence-electron chi connectivity index (χ3n) is 3.90. The van der Waals surface area contributed by atoms with E-state index < -0.39 is 0 Å². The number of aromatic nitrogens is 1. The number of rotatable bonds is 4. The van der Waals surface area contributed by atoms with Crippen molar-refractivity contribution in [3.05, 3.63) is 47.3 Å². The monoisotopic (exact) mass is 288 g/mol. The Labute approximate surface area is 124 Å². The number of thioether (sulfide) groups is 1. The van der Waals surface area contributed by atoms with Crippen LogP contribution in [0.15, 0.2) is 39.8 Å². The first-order chi connectivity index (χ1) is 9.76. The molecule has 1 saturated heterocycles. The quantitative estimate of drug-likeness (QED) is 0.794. The Morgan fingerprint density at radius 3 is 2.80 bits per heavy atom. The van der Waals surface area contributed by atoms with Gasteiger partial charge in [-0.25, -0.2) is 0 Å². The second-order valence-electron chi connectivity index (χ2n) is 5.34. The summed E-state index contributed by atoms with van der Waals surface area (Å²) in [7, 11) is 0. The fourth-order valence-corrected chi connectivity index (χ4v) is 3.27. The first-order valence-electron chi connectivity index (χ1n) is 7.06. The Morgan fingerprint density at radius 1 is 1.35 bits per heavy atom. The third-order valence-corrected chi connectivity index (χ3v) is 4.64. The maximum atomic E-state index is 5.23. The predicted molar refractivity (Wildman–Crippen MR) is 81.8 cm³/mol. The van der Waals surface area contributed by atoms with E-state index in [-0.39, 0.29) is 0 Å². The van der Waals surface area contributed by atoms with Crippen LogP contribution < -0.4 is 0 Å². The summed E-state index contributed by atoms with van der Waals surface area (Å²) in [6.45, 7) is 4.09. The van der Waals surface area contributed by atoms with Crippen LogP contribution in [0.25, 0.3) is 0 Å². The number of likely N-dealkylation sites (tertiary alicyclic amines) is 1. The van der Waals surface area contributed by atoms with E-state index in [1.165, 1.54) is 23.3 Å². The Balaban J connectivity index is 1.72. The normalized spacial score (nSPS) is 19.6. The molecule has 1 aliphatic rings. The summed E-state index contributed by atoms with van der Waals surface area (Å²) in [5, 5.41) is 4.20. The van der Waals surface area contributed by atoms with Crippen LogP contribution in [0.5, 0.6) is 0 Å². The Hall–Kier alpha value is -1.26. The molecule has 0 saturated carbocycles. The fraction of sp³-hybridized carbons (Fsp3) is 0.438. The molecule has 1 aliphatic heterocycles. The molecular formula is C16H20N2OS. The standard InChI is InChI=1S/C16H20N2OS/c1-12-10-15(17-19-12)16-4-3-9-18(16)11-13-5-7-14(20-2)8-6-13/h5-8,10,16H,3-4,9,11H2,1-2H3. The van der Waals surface area contributed by atoms with E-state index in [1.54, 1.807) is 11.8 Å². The number of nitrogens with zero attached hydrogens (tertiary/aromatic N) is 2. The lowest BCUT2D eigenvalue weighted by molar-refractivity contribution is 0.236. The molecule has 20 heavy (non-hydrogen) atoms. The second-order valence-corrected chi connectivity index (χ2v) is 6.22. The average Bonchev–Trinajstić information content (AvgIpc) is 3.08. The molecule has 1 unspecified atom stereocenters. The van der Waals surface area contributed by atoms with Crippen molar-refractivity contribution >= 4 is 11.8 Å². The first kappa shape index (κ1) is 13.7. The molecule has 0 bridgehead atoms.